The molecule has 0 bridgehead atoms. The summed E-state index contributed by atoms with van der Waals surface area (Å²) in [6, 6.07) is 0. The lowest BCUT2D eigenvalue weighted by molar-refractivity contribution is -0.394. The van der Waals surface area contributed by atoms with Crippen LogP contribution in [-0.4, -0.2) is 63.2 Å². The molecular weight excluding hydrogens is 302 g/mol. The standard InChI is InChI=1S/C10H15N5O7/c1-6(21-2)11-9(18)8-12-10(15(19)20)13-14(8)5-7(17)22-4-3-16/h6,16H,3-5H2,1-2H3,(H,11,18). The van der Waals surface area contributed by atoms with Gasteiger partial charge in [0.25, 0.3) is 0 Å². The van der Waals surface area contributed by atoms with Gasteiger partial charge < -0.3 is 30.0 Å². The van der Waals surface area contributed by atoms with Crippen LogP contribution in [0.15, 0.2) is 0 Å². The first-order valence-electron chi connectivity index (χ1n) is 6.08. The summed E-state index contributed by atoms with van der Waals surface area (Å²) < 4.78 is 10.2. The van der Waals surface area contributed by atoms with Gasteiger partial charge in [0.2, 0.25) is 0 Å². The largest absolute Gasteiger partial charge is 0.491 e. The third-order valence-electron chi connectivity index (χ3n) is 2.35. The van der Waals surface area contributed by atoms with E-state index in [1.165, 1.54) is 14.0 Å². The van der Waals surface area contributed by atoms with Crippen molar-refractivity contribution in [1.29, 1.82) is 0 Å². The van der Waals surface area contributed by atoms with Crippen LogP contribution in [0.5, 0.6) is 0 Å². The molecule has 1 aromatic heterocycles. The van der Waals surface area contributed by atoms with E-state index in [4.69, 9.17) is 9.84 Å². The van der Waals surface area contributed by atoms with E-state index < -0.39 is 41.3 Å². The lowest BCUT2D eigenvalue weighted by atomic mass is 10.5. The van der Waals surface area contributed by atoms with Gasteiger partial charge in [0.05, 0.1) is 6.61 Å². The first kappa shape index (κ1) is 17.5. The Bertz CT molecular complexity index is 558. The maximum Gasteiger partial charge on any atom is 0.491 e. The van der Waals surface area contributed by atoms with Gasteiger partial charge in [-0.1, -0.05) is 0 Å². The monoisotopic (exact) mass is 317 g/mol. The van der Waals surface area contributed by atoms with Crippen molar-refractivity contribution in [2.75, 3.05) is 20.3 Å². The van der Waals surface area contributed by atoms with Crippen LogP contribution in [0.1, 0.15) is 17.5 Å². The maximum atomic E-state index is 11.9. The number of aliphatic hydroxyl groups is 1. The van der Waals surface area contributed by atoms with Crippen molar-refractivity contribution < 1.29 is 29.1 Å². The Hall–Kier alpha value is -2.60. The number of hydrogen-bond donors (Lipinski definition) is 2. The first-order valence-corrected chi connectivity index (χ1v) is 6.08. The van der Waals surface area contributed by atoms with Gasteiger partial charge in [0, 0.05) is 12.2 Å². The molecule has 0 aromatic carbocycles. The Morgan fingerprint density at radius 3 is 2.77 bits per heavy atom. The van der Waals surface area contributed by atoms with Gasteiger partial charge >= 0.3 is 23.6 Å². The van der Waals surface area contributed by atoms with Gasteiger partial charge in [-0.25, -0.2) is 4.79 Å². The molecule has 2 N–H and O–H groups in total. The number of carbonyl (C=O) groups is 2. The van der Waals surface area contributed by atoms with Crippen molar-refractivity contribution in [1.82, 2.24) is 20.1 Å². The third-order valence-corrected chi connectivity index (χ3v) is 2.35. The fraction of sp³-hybridized carbons (Fsp3) is 0.600. The van der Waals surface area contributed by atoms with E-state index in [9.17, 15) is 19.7 Å². The zero-order valence-corrected chi connectivity index (χ0v) is 11.9. The highest BCUT2D eigenvalue weighted by molar-refractivity contribution is 5.91. The minimum absolute atomic E-state index is 0.238. The molecule has 1 atom stereocenters. The third kappa shape index (κ3) is 4.75. The quantitative estimate of drug-likeness (QED) is 0.250. The summed E-state index contributed by atoms with van der Waals surface area (Å²) in [6.07, 6.45) is -0.668. The minimum atomic E-state index is -0.897. The predicted molar refractivity (Wildman–Crippen MR) is 68.7 cm³/mol. The molecule has 0 aliphatic rings. The summed E-state index contributed by atoms with van der Waals surface area (Å²) in [4.78, 5) is 36.6. The summed E-state index contributed by atoms with van der Waals surface area (Å²) in [5.41, 5.74) is 0. The van der Waals surface area contributed by atoms with Crippen LogP contribution >= 0.6 is 0 Å². The molecule has 0 saturated heterocycles. The van der Waals surface area contributed by atoms with Crippen molar-refractivity contribution in [3.8, 4) is 0 Å². The fourth-order valence-electron chi connectivity index (χ4n) is 1.32. The minimum Gasteiger partial charge on any atom is -0.462 e. The number of aromatic nitrogens is 3. The molecule has 12 nitrogen and oxygen atoms in total. The molecule has 22 heavy (non-hydrogen) atoms. The highest BCUT2D eigenvalue weighted by Crippen LogP contribution is 2.07. The first-order chi connectivity index (χ1) is 10.4. The zero-order valence-electron chi connectivity index (χ0n) is 11.9. The molecule has 1 heterocycles. The van der Waals surface area contributed by atoms with E-state index >= 15 is 0 Å². The van der Waals surface area contributed by atoms with Gasteiger partial charge in [0.15, 0.2) is 6.54 Å². The lowest BCUT2D eigenvalue weighted by Crippen LogP contribution is -2.36. The summed E-state index contributed by atoms with van der Waals surface area (Å²) in [5.74, 6) is -2.89. The van der Waals surface area contributed by atoms with Crippen LogP contribution in [0.3, 0.4) is 0 Å². The van der Waals surface area contributed by atoms with E-state index in [0.29, 0.717) is 0 Å². The zero-order chi connectivity index (χ0) is 16.7. The Morgan fingerprint density at radius 2 is 2.23 bits per heavy atom. The molecule has 0 spiro atoms. The van der Waals surface area contributed by atoms with Gasteiger partial charge in [0.1, 0.15) is 12.8 Å². The van der Waals surface area contributed by atoms with Crippen LogP contribution in [0.25, 0.3) is 0 Å². The van der Waals surface area contributed by atoms with E-state index in [0.717, 1.165) is 4.68 Å². The molecule has 0 aliphatic carbocycles. The predicted octanol–water partition coefficient (Wildman–Crippen LogP) is -1.56. The Balaban J connectivity index is 2.96. The second kappa shape index (κ2) is 7.99. The van der Waals surface area contributed by atoms with E-state index in [1.54, 1.807) is 0 Å². The second-order valence-electron chi connectivity index (χ2n) is 3.95. The summed E-state index contributed by atoms with van der Waals surface area (Å²) in [6.45, 7) is 0.354. The highest BCUT2D eigenvalue weighted by Gasteiger charge is 2.29. The number of nitrogens with zero attached hydrogens (tertiary/aromatic N) is 4. The number of nitro groups is 1. The van der Waals surface area contributed by atoms with Crippen molar-refractivity contribution in [3.63, 3.8) is 0 Å². The number of aliphatic hydroxyl groups excluding tert-OH is 1. The number of nitrogens with one attached hydrogen (secondary N) is 1. The molecule has 0 fully saturated rings. The van der Waals surface area contributed by atoms with Gasteiger partial charge in [-0.15, -0.1) is 0 Å². The number of ether oxygens (including phenoxy) is 2. The molecule has 12 heteroatoms. The van der Waals surface area contributed by atoms with E-state index in [-0.39, 0.29) is 13.2 Å². The number of esters is 1. The molecule has 122 valence electrons. The number of amides is 1. The molecule has 0 aliphatic heterocycles. The molecule has 1 rings (SSSR count). The van der Waals surface area contributed by atoms with Crippen LogP contribution < -0.4 is 5.32 Å². The van der Waals surface area contributed by atoms with Crippen LogP contribution in [0, 0.1) is 10.1 Å². The molecule has 1 amide bonds. The number of methoxy groups -OCH3 is 1. The Kier molecular flexibility index (Phi) is 6.34. The number of carbonyl (C=O) groups excluding carboxylic acids is 2. The average Bonchev–Trinajstić information content (AvgIpc) is 2.89. The van der Waals surface area contributed by atoms with Crippen LogP contribution in [0.2, 0.25) is 0 Å². The van der Waals surface area contributed by atoms with Crippen molar-refractivity contribution in [3.05, 3.63) is 15.9 Å². The highest BCUT2D eigenvalue weighted by atomic mass is 16.6. The van der Waals surface area contributed by atoms with Crippen LogP contribution in [-0.2, 0) is 20.8 Å². The number of rotatable bonds is 8. The van der Waals surface area contributed by atoms with Crippen molar-refractivity contribution >= 4 is 17.8 Å². The summed E-state index contributed by atoms with van der Waals surface area (Å²) in [5, 5.41) is 25.0. The van der Waals surface area contributed by atoms with Crippen molar-refractivity contribution in [2.45, 2.75) is 19.7 Å². The topological polar surface area (TPSA) is 159 Å². The SMILES string of the molecule is COC(C)NC(=O)c1nc([N+](=O)[O-])nn1CC(=O)OCCO. The lowest BCUT2D eigenvalue weighted by Gasteiger charge is -2.09. The smallest absolute Gasteiger partial charge is 0.462 e. The van der Waals surface area contributed by atoms with Crippen LogP contribution in [0.4, 0.5) is 5.95 Å². The summed E-state index contributed by atoms with van der Waals surface area (Å²) in [7, 11) is 1.35. The van der Waals surface area contributed by atoms with Gasteiger partial charge in [-0.2, -0.15) is 4.68 Å². The average molecular weight is 317 g/mol. The van der Waals surface area contributed by atoms with E-state index in [2.05, 4.69) is 20.1 Å². The van der Waals surface area contributed by atoms with Gasteiger partial charge in [-0.05, 0) is 16.8 Å². The van der Waals surface area contributed by atoms with E-state index in [1.807, 2.05) is 0 Å². The normalized spacial score (nSPS) is 11.8. The molecule has 1 unspecified atom stereocenters. The fourth-order valence-corrected chi connectivity index (χ4v) is 1.32. The second-order valence-corrected chi connectivity index (χ2v) is 3.95. The molecule has 0 radical (unpaired) electrons. The molecule has 0 saturated carbocycles. The van der Waals surface area contributed by atoms with Crippen molar-refractivity contribution in [2.24, 2.45) is 0 Å². The molecular formula is C10H15N5O7. The summed E-state index contributed by atoms with van der Waals surface area (Å²) >= 11 is 0. The number of hydrogen-bond acceptors (Lipinski definition) is 9. The maximum absolute atomic E-state index is 11.9. The Labute approximate surface area is 124 Å². The Morgan fingerprint density at radius 1 is 1.55 bits per heavy atom. The molecule has 1 aromatic rings. The van der Waals surface area contributed by atoms with Gasteiger partial charge in [-0.3, -0.25) is 4.79 Å².